The van der Waals surface area contributed by atoms with Crippen LogP contribution in [0.2, 0.25) is 0 Å². The number of hydrogen-bond donors (Lipinski definition) is 1. The zero-order chi connectivity index (χ0) is 24.6. The lowest BCUT2D eigenvalue weighted by atomic mass is 9.99. The Morgan fingerprint density at radius 2 is 1.97 bits per heavy atom. The molecule has 5 nitrogen and oxygen atoms in total. The molecular formula is C29H20FN3O2S. The van der Waals surface area contributed by atoms with Crippen LogP contribution in [0, 0.1) is 5.82 Å². The Bertz CT molecular complexity index is 1610. The Labute approximate surface area is 210 Å². The molecule has 1 N–H and O–H groups in total. The number of aliphatic imine (C=N–C) groups is 1. The van der Waals surface area contributed by atoms with E-state index in [0.29, 0.717) is 33.2 Å². The molecule has 4 aromatic rings. The van der Waals surface area contributed by atoms with Crippen LogP contribution in [0.3, 0.4) is 0 Å². The maximum Gasteiger partial charge on any atom is 0.200 e. The van der Waals surface area contributed by atoms with Gasteiger partial charge in [0.1, 0.15) is 18.2 Å². The number of Topliss-reactive ketones (excluding diaryl/α,β-unsaturated/α-hetero) is 2. The van der Waals surface area contributed by atoms with Crippen LogP contribution >= 0.6 is 11.3 Å². The summed E-state index contributed by atoms with van der Waals surface area (Å²) in [6.45, 7) is -0.0214. The maximum atomic E-state index is 14.7. The van der Waals surface area contributed by atoms with Crippen molar-refractivity contribution in [1.29, 1.82) is 0 Å². The lowest BCUT2D eigenvalue weighted by molar-refractivity contribution is -0.114. The summed E-state index contributed by atoms with van der Waals surface area (Å²) >= 11 is 1.41. The van der Waals surface area contributed by atoms with Gasteiger partial charge in [0, 0.05) is 16.7 Å². The Morgan fingerprint density at radius 1 is 1.08 bits per heavy atom. The number of dihydropyridines is 1. The van der Waals surface area contributed by atoms with Gasteiger partial charge in [0.25, 0.3) is 0 Å². The molecule has 0 atom stereocenters. The number of pyridine rings is 1. The van der Waals surface area contributed by atoms with Crippen LogP contribution in [-0.2, 0) is 17.6 Å². The summed E-state index contributed by atoms with van der Waals surface area (Å²) in [5.74, 6) is -0.158. The standard InChI is InChI=1S/C29H20FN3O2S/c30-21-10-8-18(12-20(21)13-25(34)28-14-19-4-1-2-7-27(19)36-28)23-15-24(26(35)16-31-23)33-29-11-9-17-5-3-6-22(17)32-29/h1-4,6-12,14-15H,5,13,16H2,(H,32,33). The first-order valence-electron chi connectivity index (χ1n) is 11.6. The fraction of sp³-hybridized carbons (Fsp3) is 0.103. The Kier molecular flexibility index (Phi) is 5.62. The molecule has 0 unspecified atom stereocenters. The molecule has 0 amide bonds. The number of ketones is 2. The molecule has 0 fully saturated rings. The number of halogens is 1. The van der Waals surface area contributed by atoms with Crippen LogP contribution < -0.4 is 5.32 Å². The molecule has 1 aliphatic carbocycles. The number of carbonyl (C=O) groups excluding carboxylic acids is 2. The van der Waals surface area contributed by atoms with Gasteiger partial charge in [-0.1, -0.05) is 30.3 Å². The first kappa shape index (κ1) is 22.2. The number of hydrogen-bond acceptors (Lipinski definition) is 6. The number of allylic oxidation sites excluding steroid dienone is 2. The molecule has 0 saturated carbocycles. The van der Waals surface area contributed by atoms with Crippen LogP contribution in [0.4, 0.5) is 10.2 Å². The van der Waals surface area contributed by atoms with Crippen LogP contribution in [0.15, 0.2) is 83.5 Å². The lowest BCUT2D eigenvalue weighted by Gasteiger charge is -2.15. The van der Waals surface area contributed by atoms with Gasteiger partial charge in [-0.25, -0.2) is 9.37 Å². The molecule has 0 radical (unpaired) electrons. The number of anilines is 1. The third-order valence-electron chi connectivity index (χ3n) is 6.26. The van der Waals surface area contributed by atoms with Crippen molar-refractivity contribution in [1.82, 2.24) is 4.98 Å². The molecule has 0 saturated heterocycles. The molecule has 6 rings (SSSR count). The summed E-state index contributed by atoms with van der Waals surface area (Å²) in [6, 6.07) is 18.1. The van der Waals surface area contributed by atoms with E-state index in [1.807, 2.05) is 48.5 Å². The van der Waals surface area contributed by atoms with E-state index < -0.39 is 5.82 Å². The smallest absolute Gasteiger partial charge is 0.200 e. The van der Waals surface area contributed by atoms with Gasteiger partial charge >= 0.3 is 0 Å². The van der Waals surface area contributed by atoms with Crippen LogP contribution in [0.25, 0.3) is 16.2 Å². The van der Waals surface area contributed by atoms with E-state index in [4.69, 9.17) is 0 Å². The van der Waals surface area contributed by atoms with Crippen molar-refractivity contribution >= 4 is 50.6 Å². The van der Waals surface area contributed by atoms with E-state index in [-0.39, 0.29) is 24.5 Å². The molecule has 2 aromatic heterocycles. The average Bonchev–Trinajstić information content (AvgIpc) is 3.53. The van der Waals surface area contributed by atoms with Gasteiger partial charge in [0.2, 0.25) is 0 Å². The highest BCUT2D eigenvalue weighted by atomic mass is 32.1. The van der Waals surface area contributed by atoms with Crippen molar-refractivity contribution in [2.45, 2.75) is 12.8 Å². The normalized spacial score (nSPS) is 14.5. The first-order valence-corrected chi connectivity index (χ1v) is 12.4. The van der Waals surface area contributed by atoms with Crippen molar-refractivity contribution < 1.29 is 14.0 Å². The van der Waals surface area contributed by atoms with E-state index in [1.54, 1.807) is 18.2 Å². The Hall–Kier alpha value is -4.23. The Balaban J connectivity index is 1.24. The first-order chi connectivity index (χ1) is 17.5. The number of carbonyl (C=O) groups is 2. The van der Waals surface area contributed by atoms with Gasteiger partial charge in [-0.3, -0.25) is 14.6 Å². The van der Waals surface area contributed by atoms with E-state index in [9.17, 15) is 14.0 Å². The molecule has 2 aromatic carbocycles. The number of fused-ring (bicyclic) bond motifs is 2. The van der Waals surface area contributed by atoms with E-state index >= 15 is 0 Å². The highest BCUT2D eigenvalue weighted by molar-refractivity contribution is 7.20. The molecule has 2 aliphatic rings. The third-order valence-corrected chi connectivity index (χ3v) is 7.41. The minimum absolute atomic E-state index is 0.0214. The van der Waals surface area contributed by atoms with Gasteiger partial charge in [-0.2, -0.15) is 0 Å². The highest BCUT2D eigenvalue weighted by Crippen LogP contribution is 2.27. The largest absolute Gasteiger partial charge is 0.337 e. The molecule has 1 aliphatic heterocycles. The minimum Gasteiger partial charge on any atom is -0.337 e. The monoisotopic (exact) mass is 493 g/mol. The molecule has 0 spiro atoms. The summed E-state index contributed by atoms with van der Waals surface area (Å²) in [6.07, 6.45) is 6.47. The highest BCUT2D eigenvalue weighted by Gasteiger charge is 2.20. The number of nitrogens with zero attached hydrogens (tertiary/aromatic N) is 2. The zero-order valence-electron chi connectivity index (χ0n) is 19.1. The van der Waals surface area contributed by atoms with Crippen molar-refractivity contribution in [3.05, 3.63) is 112 Å². The summed E-state index contributed by atoms with van der Waals surface area (Å²) < 4.78 is 15.7. The van der Waals surface area contributed by atoms with Crippen LogP contribution in [0.1, 0.15) is 32.1 Å². The quantitative estimate of drug-likeness (QED) is 0.345. The molecule has 3 heterocycles. The molecule has 36 heavy (non-hydrogen) atoms. The van der Waals surface area contributed by atoms with E-state index in [1.165, 1.54) is 17.4 Å². The fourth-order valence-electron chi connectivity index (χ4n) is 4.36. The molecular weight excluding hydrogens is 473 g/mol. The van der Waals surface area contributed by atoms with Crippen LogP contribution in [0.5, 0.6) is 0 Å². The summed E-state index contributed by atoms with van der Waals surface area (Å²) in [4.78, 5) is 35.0. The summed E-state index contributed by atoms with van der Waals surface area (Å²) in [5.41, 5.74) is 3.91. The van der Waals surface area contributed by atoms with Gasteiger partial charge in [-0.05, 0) is 71.5 Å². The number of rotatable bonds is 6. The second-order valence-corrected chi connectivity index (χ2v) is 9.79. The van der Waals surface area contributed by atoms with E-state index in [2.05, 4.69) is 21.4 Å². The zero-order valence-corrected chi connectivity index (χ0v) is 19.9. The van der Waals surface area contributed by atoms with Crippen LogP contribution in [-0.4, -0.2) is 28.8 Å². The SMILES string of the molecule is O=C1CN=C(c2ccc(F)c(CC(=O)c3cc4ccccc4s3)c2)C=C1Nc1ccc2c(n1)C=CC2. The topological polar surface area (TPSA) is 71.4 Å². The number of aromatic nitrogens is 1. The number of thiophene rings is 1. The minimum atomic E-state index is -0.446. The summed E-state index contributed by atoms with van der Waals surface area (Å²) in [5, 5.41) is 4.11. The van der Waals surface area contributed by atoms with Crippen molar-refractivity contribution in [3.63, 3.8) is 0 Å². The number of nitrogens with one attached hydrogen (secondary N) is 1. The molecule has 0 bridgehead atoms. The average molecular weight is 494 g/mol. The van der Waals surface area contributed by atoms with E-state index in [0.717, 1.165) is 27.8 Å². The van der Waals surface area contributed by atoms with Crippen molar-refractivity contribution in [3.8, 4) is 0 Å². The lowest BCUT2D eigenvalue weighted by Crippen LogP contribution is -2.22. The Morgan fingerprint density at radius 3 is 2.86 bits per heavy atom. The van der Waals surface area contributed by atoms with Gasteiger partial charge in [0.05, 0.1) is 22.0 Å². The maximum absolute atomic E-state index is 14.7. The van der Waals surface area contributed by atoms with Gasteiger partial charge < -0.3 is 5.32 Å². The molecule has 176 valence electrons. The van der Waals surface area contributed by atoms with Gasteiger partial charge in [-0.15, -0.1) is 11.3 Å². The van der Waals surface area contributed by atoms with Crippen molar-refractivity contribution in [2.75, 3.05) is 11.9 Å². The predicted octanol–water partition coefficient (Wildman–Crippen LogP) is 5.80. The molecule has 7 heteroatoms. The number of benzene rings is 2. The van der Waals surface area contributed by atoms with Crippen molar-refractivity contribution in [2.24, 2.45) is 4.99 Å². The predicted molar refractivity (Wildman–Crippen MR) is 141 cm³/mol. The fourth-order valence-corrected chi connectivity index (χ4v) is 5.36. The second kappa shape index (κ2) is 9.09. The third kappa shape index (κ3) is 4.29. The second-order valence-electron chi connectivity index (χ2n) is 8.71. The summed E-state index contributed by atoms with van der Waals surface area (Å²) in [7, 11) is 0. The van der Waals surface area contributed by atoms with Gasteiger partial charge in [0.15, 0.2) is 11.6 Å².